The lowest BCUT2D eigenvalue weighted by Gasteiger charge is -2.19. The predicted molar refractivity (Wildman–Crippen MR) is 101 cm³/mol. The zero-order valence-corrected chi connectivity index (χ0v) is 15.6. The molecule has 1 saturated heterocycles. The van der Waals surface area contributed by atoms with Gasteiger partial charge in [-0.25, -0.2) is 18.9 Å². The summed E-state index contributed by atoms with van der Waals surface area (Å²) in [6.07, 6.45) is 3.11. The average Bonchev–Trinajstić information content (AvgIpc) is 3.23. The summed E-state index contributed by atoms with van der Waals surface area (Å²) in [7, 11) is 1.61. The van der Waals surface area contributed by atoms with Crippen LogP contribution in [0.4, 0.5) is 10.2 Å². The van der Waals surface area contributed by atoms with Crippen molar-refractivity contribution < 1.29 is 14.3 Å². The van der Waals surface area contributed by atoms with E-state index in [2.05, 4.69) is 15.1 Å². The van der Waals surface area contributed by atoms with Crippen molar-refractivity contribution in [3.05, 3.63) is 40.2 Å². The van der Waals surface area contributed by atoms with Crippen molar-refractivity contribution in [2.75, 3.05) is 18.0 Å². The molecule has 0 aromatic carbocycles. The molecule has 0 unspecified atom stereocenters. The maximum atomic E-state index is 14.7. The predicted octanol–water partition coefficient (Wildman–Crippen LogP) is 0.311. The van der Waals surface area contributed by atoms with Gasteiger partial charge in [0.1, 0.15) is 11.9 Å². The van der Waals surface area contributed by atoms with Gasteiger partial charge >= 0.3 is 5.97 Å². The molecule has 4 rings (SSSR count). The Bertz CT molecular complexity index is 1130. The van der Waals surface area contributed by atoms with Gasteiger partial charge in [0.25, 0.3) is 0 Å². The zero-order chi connectivity index (χ0) is 19.3. The molecule has 3 N–H and O–H groups in total. The van der Waals surface area contributed by atoms with Gasteiger partial charge in [-0.1, -0.05) is 0 Å². The summed E-state index contributed by atoms with van der Waals surface area (Å²) in [6.45, 7) is 0.981. The fraction of sp³-hybridized carbons (Fsp3) is 0.312. The number of pyridine rings is 2. The molecule has 1 aliphatic heterocycles. The van der Waals surface area contributed by atoms with E-state index in [1.165, 1.54) is 15.6 Å². The normalized spacial score (nSPS) is 16.4. The van der Waals surface area contributed by atoms with Gasteiger partial charge < -0.3 is 15.7 Å². The highest BCUT2D eigenvalue weighted by molar-refractivity contribution is 5.92. The van der Waals surface area contributed by atoms with E-state index in [1.54, 1.807) is 11.9 Å². The van der Waals surface area contributed by atoms with Crippen LogP contribution in [0.15, 0.2) is 23.4 Å². The Morgan fingerprint density at radius 1 is 1.43 bits per heavy atom. The Balaban J connectivity index is 0.00000225. The molecular weight excluding hydrogens is 393 g/mol. The number of fused-ring (bicyclic) bond motifs is 1. The summed E-state index contributed by atoms with van der Waals surface area (Å²) in [6, 6.07) is 0.931. The first-order valence-electron chi connectivity index (χ1n) is 8.21. The summed E-state index contributed by atoms with van der Waals surface area (Å²) in [5.74, 6) is -1.83. The SMILES string of the molecule is Cl.Cn1ncnc1-n1cc(C(=O)O)c(=O)c2cc(F)c(N3CC[C@H](N)C3)nc21. The van der Waals surface area contributed by atoms with Gasteiger partial charge in [-0.15, -0.1) is 12.4 Å². The van der Waals surface area contributed by atoms with Crippen LogP contribution in [0.3, 0.4) is 0 Å². The highest BCUT2D eigenvalue weighted by atomic mass is 35.5. The summed E-state index contributed by atoms with van der Waals surface area (Å²) in [5, 5.41) is 13.2. The second-order valence-corrected chi connectivity index (χ2v) is 6.39. The molecule has 0 bridgehead atoms. The smallest absolute Gasteiger partial charge is 0.341 e. The molecule has 12 heteroatoms. The Morgan fingerprint density at radius 3 is 2.75 bits per heavy atom. The van der Waals surface area contributed by atoms with Crippen LogP contribution in [-0.4, -0.2) is 54.5 Å². The second-order valence-electron chi connectivity index (χ2n) is 6.39. The molecule has 1 fully saturated rings. The number of rotatable bonds is 3. The van der Waals surface area contributed by atoms with Crippen molar-refractivity contribution in [2.45, 2.75) is 12.5 Å². The molecule has 3 aromatic rings. The highest BCUT2D eigenvalue weighted by Gasteiger charge is 2.26. The van der Waals surface area contributed by atoms with Gasteiger partial charge in [0.05, 0.1) is 5.39 Å². The first-order chi connectivity index (χ1) is 12.9. The van der Waals surface area contributed by atoms with Gasteiger partial charge in [0.15, 0.2) is 17.3 Å². The third-order valence-electron chi connectivity index (χ3n) is 4.57. The molecule has 10 nitrogen and oxygen atoms in total. The van der Waals surface area contributed by atoms with E-state index >= 15 is 0 Å². The van der Waals surface area contributed by atoms with E-state index in [4.69, 9.17) is 5.73 Å². The number of nitrogens with two attached hydrogens (primary N) is 1. The fourth-order valence-corrected chi connectivity index (χ4v) is 3.23. The van der Waals surface area contributed by atoms with Crippen molar-refractivity contribution in [3.63, 3.8) is 0 Å². The van der Waals surface area contributed by atoms with Crippen molar-refractivity contribution in [2.24, 2.45) is 12.8 Å². The number of aromatic carboxylic acids is 1. The summed E-state index contributed by atoms with van der Waals surface area (Å²) in [5.41, 5.74) is 4.67. The number of hydrogen-bond acceptors (Lipinski definition) is 7. The molecule has 0 aliphatic carbocycles. The number of hydrogen-bond donors (Lipinski definition) is 2. The lowest BCUT2D eigenvalue weighted by Crippen LogP contribution is -2.28. The number of carboxylic acids is 1. The summed E-state index contributed by atoms with van der Waals surface area (Å²) < 4.78 is 17.4. The topological polar surface area (TPSA) is 132 Å². The van der Waals surface area contributed by atoms with Gasteiger partial charge in [-0.05, 0) is 12.5 Å². The zero-order valence-electron chi connectivity index (χ0n) is 14.7. The number of aromatic nitrogens is 5. The van der Waals surface area contributed by atoms with Crippen LogP contribution >= 0.6 is 12.4 Å². The molecule has 0 radical (unpaired) electrons. The maximum absolute atomic E-state index is 14.7. The number of anilines is 1. The van der Waals surface area contributed by atoms with Gasteiger partial charge in [0.2, 0.25) is 11.4 Å². The maximum Gasteiger partial charge on any atom is 0.341 e. The van der Waals surface area contributed by atoms with Crippen LogP contribution in [0.2, 0.25) is 0 Å². The van der Waals surface area contributed by atoms with Crippen LogP contribution in [0, 0.1) is 5.82 Å². The number of carbonyl (C=O) groups is 1. The van der Waals surface area contributed by atoms with E-state index in [1.807, 2.05) is 0 Å². The Morgan fingerprint density at radius 2 is 2.18 bits per heavy atom. The monoisotopic (exact) mass is 409 g/mol. The Kier molecular flexibility index (Phi) is 5.04. The van der Waals surface area contributed by atoms with E-state index in [0.717, 1.165) is 12.3 Å². The van der Waals surface area contributed by atoms with Crippen LogP contribution < -0.4 is 16.1 Å². The van der Waals surface area contributed by atoms with E-state index in [-0.39, 0.29) is 41.2 Å². The standard InChI is InChI=1S/C16H16FN7O3.ClH/c1-22-16(19-7-20-22)24-6-10(15(26)27)12(25)9-4-11(17)14(21-13(9)24)23-3-2-8(18)5-23;/h4,6-8H,2-3,5,18H2,1H3,(H,26,27);1H/t8-;/m0./s1. The molecule has 3 aromatic heterocycles. The first-order valence-corrected chi connectivity index (χ1v) is 8.21. The summed E-state index contributed by atoms with van der Waals surface area (Å²) in [4.78, 5) is 34.1. The van der Waals surface area contributed by atoms with Crippen molar-refractivity contribution in [1.29, 1.82) is 0 Å². The third kappa shape index (κ3) is 3.08. The van der Waals surface area contributed by atoms with Crippen LogP contribution in [0.5, 0.6) is 0 Å². The molecular formula is C16H17ClFN7O3. The quantitative estimate of drug-likeness (QED) is 0.631. The van der Waals surface area contributed by atoms with Crippen molar-refractivity contribution in [3.8, 4) is 5.95 Å². The third-order valence-corrected chi connectivity index (χ3v) is 4.57. The lowest BCUT2D eigenvalue weighted by atomic mass is 10.2. The average molecular weight is 410 g/mol. The molecule has 1 atom stereocenters. The van der Waals surface area contributed by atoms with E-state index < -0.39 is 22.8 Å². The number of carboxylic acid groups (broad SMARTS) is 1. The van der Waals surface area contributed by atoms with Gasteiger partial charge in [-0.2, -0.15) is 10.1 Å². The minimum atomic E-state index is -1.42. The molecule has 4 heterocycles. The molecule has 1 aliphatic rings. The van der Waals surface area contributed by atoms with Crippen molar-refractivity contribution in [1.82, 2.24) is 24.3 Å². The first kappa shape index (κ1) is 19.7. The van der Waals surface area contributed by atoms with E-state index in [0.29, 0.717) is 19.5 Å². The van der Waals surface area contributed by atoms with Gasteiger partial charge in [0, 0.05) is 32.4 Å². The second kappa shape index (κ2) is 7.17. The molecule has 0 spiro atoms. The minimum Gasteiger partial charge on any atom is -0.477 e. The molecule has 0 amide bonds. The number of nitrogens with zero attached hydrogens (tertiary/aromatic N) is 6. The minimum absolute atomic E-state index is 0. The van der Waals surface area contributed by atoms with Gasteiger partial charge in [-0.3, -0.25) is 9.36 Å². The fourth-order valence-electron chi connectivity index (χ4n) is 3.23. The number of halogens is 2. The lowest BCUT2D eigenvalue weighted by molar-refractivity contribution is 0.0695. The Labute approximate surface area is 163 Å². The van der Waals surface area contributed by atoms with Crippen LogP contribution in [-0.2, 0) is 7.05 Å². The van der Waals surface area contributed by atoms with Crippen LogP contribution in [0.1, 0.15) is 16.8 Å². The van der Waals surface area contributed by atoms with Crippen molar-refractivity contribution >= 4 is 35.2 Å². The van der Waals surface area contributed by atoms with E-state index in [9.17, 15) is 19.1 Å². The largest absolute Gasteiger partial charge is 0.477 e. The molecule has 0 saturated carbocycles. The Hall–Kier alpha value is -3.05. The summed E-state index contributed by atoms with van der Waals surface area (Å²) >= 11 is 0. The molecule has 28 heavy (non-hydrogen) atoms. The van der Waals surface area contributed by atoms with Crippen LogP contribution in [0.25, 0.3) is 17.0 Å². The highest BCUT2D eigenvalue weighted by Crippen LogP contribution is 2.25. The number of aryl methyl sites for hydroxylation is 1. The molecule has 148 valence electrons.